The summed E-state index contributed by atoms with van der Waals surface area (Å²) in [7, 11) is 1.39. The first-order valence-corrected chi connectivity index (χ1v) is 16.6. The van der Waals surface area contributed by atoms with E-state index >= 15 is 0 Å². The zero-order valence-corrected chi connectivity index (χ0v) is 27.1. The van der Waals surface area contributed by atoms with Crippen LogP contribution >= 0.6 is 22.7 Å². The van der Waals surface area contributed by atoms with Crippen molar-refractivity contribution in [2.24, 2.45) is 5.92 Å². The molecule has 11 nitrogen and oxygen atoms in total. The van der Waals surface area contributed by atoms with Crippen LogP contribution in [0.4, 0.5) is 0 Å². The number of ether oxygens (including phenoxy) is 1. The average molecular weight is 666 g/mol. The lowest BCUT2D eigenvalue weighted by Crippen LogP contribution is -2.51. The average Bonchev–Trinajstić information content (AvgIpc) is 3.87. The fourth-order valence-corrected chi connectivity index (χ4v) is 5.93. The lowest BCUT2D eigenvalue weighted by atomic mass is 9.99. The van der Waals surface area contributed by atoms with Gasteiger partial charge in [-0.15, -0.1) is 22.7 Å². The van der Waals surface area contributed by atoms with Gasteiger partial charge < -0.3 is 18.7 Å². The lowest BCUT2D eigenvalue weighted by Gasteiger charge is -2.37. The largest absolute Gasteiger partial charge is 0.469 e. The van der Waals surface area contributed by atoms with Crippen molar-refractivity contribution in [3.8, 4) is 21.3 Å². The van der Waals surface area contributed by atoms with Crippen LogP contribution in [0, 0.1) is 5.92 Å². The molecule has 0 atom stereocenters. The second-order valence-electron chi connectivity index (χ2n) is 10.6. The van der Waals surface area contributed by atoms with E-state index in [9.17, 15) is 24.0 Å². The van der Waals surface area contributed by atoms with E-state index in [-0.39, 0.29) is 47.9 Å². The van der Waals surface area contributed by atoms with Crippen LogP contribution in [0.25, 0.3) is 21.3 Å². The lowest BCUT2D eigenvalue weighted by molar-refractivity contribution is -0.151. The highest BCUT2D eigenvalue weighted by atomic mass is 32.1. The smallest absolute Gasteiger partial charge is 0.311 e. The van der Waals surface area contributed by atoms with E-state index in [4.69, 9.17) is 9.05 Å². The normalized spacial score (nSPS) is 12.9. The van der Waals surface area contributed by atoms with E-state index in [1.165, 1.54) is 35.9 Å². The minimum atomic E-state index is -0.189. The van der Waals surface area contributed by atoms with Crippen LogP contribution < -0.4 is 0 Å². The molecule has 1 saturated heterocycles. The SMILES string of the molecule is C=CC(=O)CCCC(=O)c1cc(-c2cccs2)on1.COC(=O)C1CN(CCC(=O)CCCC(=O)c2cc(-c3cccs3)on2)C1. The molecule has 0 aromatic carbocycles. The number of methoxy groups -OCH3 is 1. The first kappa shape index (κ1) is 34.5. The molecule has 0 spiro atoms. The molecule has 4 aromatic rings. The summed E-state index contributed by atoms with van der Waals surface area (Å²) in [4.78, 5) is 62.3. The Kier molecular flexibility index (Phi) is 13.1. The van der Waals surface area contributed by atoms with Crippen molar-refractivity contribution >= 4 is 51.8 Å². The molecule has 242 valence electrons. The molecule has 4 aromatic heterocycles. The van der Waals surface area contributed by atoms with Crippen LogP contribution in [0.3, 0.4) is 0 Å². The first-order chi connectivity index (χ1) is 22.3. The second kappa shape index (κ2) is 17.4. The molecule has 0 N–H and O–H groups in total. The number of nitrogens with zero attached hydrogens (tertiary/aromatic N) is 3. The fraction of sp³-hybridized carbons (Fsp3) is 0.364. The number of rotatable bonds is 17. The Morgan fingerprint density at radius 3 is 1.89 bits per heavy atom. The Morgan fingerprint density at radius 2 is 1.41 bits per heavy atom. The Balaban J connectivity index is 0.000000222. The molecule has 1 aliphatic heterocycles. The second-order valence-corrected chi connectivity index (χ2v) is 12.5. The highest BCUT2D eigenvalue weighted by molar-refractivity contribution is 7.13. The third kappa shape index (κ3) is 10.1. The molecule has 13 heteroatoms. The van der Waals surface area contributed by atoms with E-state index in [1.54, 1.807) is 12.1 Å². The Bertz CT molecular complexity index is 1620. The first-order valence-electron chi connectivity index (χ1n) is 14.8. The van der Waals surface area contributed by atoms with Gasteiger partial charge in [0.05, 0.1) is 22.8 Å². The number of ketones is 4. The topological polar surface area (TPSA) is 150 Å². The molecule has 0 bridgehead atoms. The molecule has 0 amide bonds. The van der Waals surface area contributed by atoms with Crippen LogP contribution in [-0.2, 0) is 19.1 Å². The summed E-state index contributed by atoms with van der Waals surface area (Å²) in [6, 6.07) is 10.9. The number of aromatic nitrogens is 2. The summed E-state index contributed by atoms with van der Waals surface area (Å²) in [5, 5.41) is 11.5. The third-order valence-corrected chi connectivity index (χ3v) is 9.00. The molecule has 5 heterocycles. The maximum atomic E-state index is 12.2. The highest BCUT2D eigenvalue weighted by Gasteiger charge is 2.33. The van der Waals surface area contributed by atoms with E-state index in [0.29, 0.717) is 74.6 Å². The Labute approximate surface area is 274 Å². The van der Waals surface area contributed by atoms with Crippen molar-refractivity contribution in [2.45, 2.75) is 44.9 Å². The monoisotopic (exact) mass is 665 g/mol. The van der Waals surface area contributed by atoms with Crippen molar-refractivity contribution in [1.29, 1.82) is 0 Å². The van der Waals surface area contributed by atoms with Crippen molar-refractivity contribution < 1.29 is 37.8 Å². The van der Waals surface area contributed by atoms with Gasteiger partial charge in [-0.25, -0.2) is 0 Å². The van der Waals surface area contributed by atoms with Gasteiger partial charge in [-0.2, -0.15) is 0 Å². The van der Waals surface area contributed by atoms with E-state index in [0.717, 1.165) is 9.75 Å². The zero-order chi connectivity index (χ0) is 32.9. The van der Waals surface area contributed by atoms with Gasteiger partial charge in [0.15, 0.2) is 28.9 Å². The van der Waals surface area contributed by atoms with Crippen molar-refractivity contribution in [3.63, 3.8) is 0 Å². The quantitative estimate of drug-likeness (QED) is 0.0707. The molecular weight excluding hydrogens is 631 g/mol. The number of allylic oxidation sites excluding steroid dienone is 1. The number of esters is 1. The fourth-order valence-electron chi connectivity index (χ4n) is 4.59. The summed E-state index contributed by atoms with van der Waals surface area (Å²) in [6.07, 6.45) is 3.99. The Morgan fingerprint density at radius 1 is 0.870 bits per heavy atom. The van der Waals surface area contributed by atoms with Crippen LogP contribution in [-0.4, -0.2) is 71.1 Å². The number of thiophene rings is 2. The van der Waals surface area contributed by atoms with Gasteiger partial charge in [0.2, 0.25) is 0 Å². The maximum Gasteiger partial charge on any atom is 0.311 e. The molecule has 0 aliphatic carbocycles. The van der Waals surface area contributed by atoms with Gasteiger partial charge in [-0.1, -0.05) is 29.0 Å². The minimum Gasteiger partial charge on any atom is -0.469 e. The molecule has 5 rings (SSSR count). The molecule has 0 unspecified atom stereocenters. The molecule has 0 saturated carbocycles. The summed E-state index contributed by atoms with van der Waals surface area (Å²) in [5.74, 6) is 0.789. The van der Waals surface area contributed by atoms with Gasteiger partial charge in [-0.3, -0.25) is 24.0 Å². The summed E-state index contributed by atoms with van der Waals surface area (Å²) in [6.45, 7) is 5.33. The van der Waals surface area contributed by atoms with E-state index in [1.807, 2.05) is 35.0 Å². The van der Waals surface area contributed by atoms with Crippen LogP contribution in [0.2, 0.25) is 0 Å². The van der Waals surface area contributed by atoms with Gasteiger partial charge in [0.1, 0.15) is 17.2 Å². The number of hydrogen-bond acceptors (Lipinski definition) is 13. The van der Waals surface area contributed by atoms with Crippen molar-refractivity contribution in [2.75, 3.05) is 26.7 Å². The van der Waals surface area contributed by atoms with Crippen LogP contribution in [0.15, 0.2) is 68.9 Å². The standard InChI is InChI=1S/C19H22N2O5S.C14H13NO3S/c1-25-19(24)13-11-21(12-13)8-7-14(22)4-2-5-16(23)15-10-17(26-20-15)18-6-3-9-27-18;1-2-10(16)5-3-6-12(17)11-9-13(18-15-11)14-7-4-8-19-14/h3,6,9-10,13H,2,4-5,7-8,11-12H2,1H3;2,4,7-9H,1,3,5-6H2. The number of likely N-dealkylation sites (tertiary alicyclic amines) is 1. The van der Waals surface area contributed by atoms with Crippen molar-refractivity contribution in [3.05, 3.63) is 71.2 Å². The van der Waals surface area contributed by atoms with Gasteiger partial charge >= 0.3 is 5.97 Å². The maximum absolute atomic E-state index is 12.2. The van der Waals surface area contributed by atoms with E-state index < -0.39 is 0 Å². The highest BCUT2D eigenvalue weighted by Crippen LogP contribution is 2.27. The Hall–Kier alpha value is -4.33. The zero-order valence-electron chi connectivity index (χ0n) is 25.5. The van der Waals surface area contributed by atoms with Crippen molar-refractivity contribution in [1.82, 2.24) is 15.2 Å². The van der Waals surface area contributed by atoms with Gasteiger partial charge in [0.25, 0.3) is 0 Å². The summed E-state index contributed by atoms with van der Waals surface area (Å²) < 4.78 is 15.0. The van der Waals surface area contributed by atoms with Gasteiger partial charge in [-0.05, 0) is 41.8 Å². The van der Waals surface area contributed by atoms with Crippen LogP contribution in [0.1, 0.15) is 65.9 Å². The summed E-state index contributed by atoms with van der Waals surface area (Å²) >= 11 is 3.05. The number of carbonyl (C=O) groups excluding carboxylic acids is 5. The summed E-state index contributed by atoms with van der Waals surface area (Å²) in [5.41, 5.74) is 0.620. The predicted molar refractivity (Wildman–Crippen MR) is 173 cm³/mol. The molecular formula is C33H35N3O8S2. The third-order valence-electron chi connectivity index (χ3n) is 7.23. The predicted octanol–water partition coefficient (Wildman–Crippen LogP) is 6.33. The molecule has 46 heavy (non-hydrogen) atoms. The van der Waals surface area contributed by atoms with Crippen LogP contribution in [0.5, 0.6) is 0 Å². The molecule has 1 aliphatic rings. The van der Waals surface area contributed by atoms with E-state index in [2.05, 4.69) is 26.5 Å². The number of hydrogen-bond donors (Lipinski definition) is 0. The number of carbonyl (C=O) groups is 5. The molecule has 0 radical (unpaired) electrons. The number of Topliss-reactive ketones (excluding diaryl/α,β-unsaturated/α-hetero) is 3. The minimum absolute atomic E-state index is 0.0489. The van der Waals surface area contributed by atoms with Gasteiger partial charge in [0, 0.05) is 63.9 Å². The molecule has 1 fully saturated rings.